The Bertz CT molecular complexity index is 649. The number of nitro groups is 1. The van der Waals surface area contributed by atoms with Crippen molar-refractivity contribution in [2.24, 2.45) is 0 Å². The van der Waals surface area contributed by atoms with Crippen molar-refractivity contribution in [3.8, 4) is 0 Å². The number of nitrogens with one attached hydrogen (secondary N) is 1. The molecule has 2 aromatic carbocycles. The molecule has 6 heteroatoms. The van der Waals surface area contributed by atoms with Crippen LogP contribution in [0.1, 0.15) is 18.5 Å². The van der Waals surface area contributed by atoms with Gasteiger partial charge in [-0.1, -0.05) is 45.7 Å². The maximum absolute atomic E-state index is 11.0. The maximum Gasteiger partial charge on any atom is 0.293 e. The Hall–Kier alpha value is -1.59. The summed E-state index contributed by atoms with van der Waals surface area (Å²) in [6.45, 7) is 1.93. The van der Waals surface area contributed by atoms with E-state index in [0.717, 1.165) is 10.0 Å². The second-order valence-electron chi connectivity index (χ2n) is 4.31. The van der Waals surface area contributed by atoms with Crippen molar-refractivity contribution in [1.29, 1.82) is 0 Å². The van der Waals surface area contributed by atoms with Gasteiger partial charge >= 0.3 is 0 Å². The molecular formula is C14H12BrClN2O2. The molecule has 1 unspecified atom stereocenters. The Kier molecular flexibility index (Phi) is 4.62. The minimum atomic E-state index is -0.443. The molecule has 4 nitrogen and oxygen atoms in total. The van der Waals surface area contributed by atoms with E-state index < -0.39 is 4.92 Å². The molecule has 0 spiro atoms. The minimum Gasteiger partial charge on any atom is -0.372 e. The van der Waals surface area contributed by atoms with Crippen LogP contribution in [0.3, 0.4) is 0 Å². The number of anilines is 1. The Balaban J connectivity index is 2.32. The van der Waals surface area contributed by atoms with Crippen LogP contribution in [-0.4, -0.2) is 4.92 Å². The van der Waals surface area contributed by atoms with Crippen molar-refractivity contribution in [2.45, 2.75) is 13.0 Å². The first-order valence-electron chi connectivity index (χ1n) is 5.94. The summed E-state index contributed by atoms with van der Waals surface area (Å²) in [4.78, 5) is 10.6. The molecule has 1 atom stereocenters. The molecule has 0 aliphatic carbocycles. The molecule has 0 saturated heterocycles. The van der Waals surface area contributed by atoms with E-state index in [2.05, 4.69) is 21.2 Å². The van der Waals surface area contributed by atoms with Crippen LogP contribution in [0.2, 0.25) is 5.02 Å². The number of hydrogen-bond donors (Lipinski definition) is 1. The van der Waals surface area contributed by atoms with E-state index >= 15 is 0 Å². The molecule has 2 aromatic rings. The van der Waals surface area contributed by atoms with Crippen LogP contribution in [0.15, 0.2) is 46.9 Å². The summed E-state index contributed by atoms with van der Waals surface area (Å²) < 4.78 is 0.956. The topological polar surface area (TPSA) is 55.2 Å². The van der Waals surface area contributed by atoms with Gasteiger partial charge in [-0.05, 0) is 30.7 Å². The molecule has 0 aromatic heterocycles. The SMILES string of the molecule is CC(Nc1c(Cl)cccc1[N+](=O)[O-])c1cccc(Br)c1. The van der Waals surface area contributed by atoms with Crippen molar-refractivity contribution in [3.05, 3.63) is 67.6 Å². The highest BCUT2D eigenvalue weighted by Crippen LogP contribution is 2.34. The first-order chi connectivity index (χ1) is 9.49. The molecule has 0 bridgehead atoms. The van der Waals surface area contributed by atoms with Crippen molar-refractivity contribution in [2.75, 3.05) is 5.32 Å². The van der Waals surface area contributed by atoms with Gasteiger partial charge in [0.2, 0.25) is 0 Å². The van der Waals surface area contributed by atoms with Crippen LogP contribution in [0.25, 0.3) is 0 Å². The van der Waals surface area contributed by atoms with Gasteiger partial charge in [-0.25, -0.2) is 0 Å². The van der Waals surface area contributed by atoms with E-state index in [9.17, 15) is 10.1 Å². The highest BCUT2D eigenvalue weighted by Gasteiger charge is 2.18. The van der Waals surface area contributed by atoms with Crippen LogP contribution >= 0.6 is 27.5 Å². The van der Waals surface area contributed by atoms with Crippen LogP contribution in [-0.2, 0) is 0 Å². The lowest BCUT2D eigenvalue weighted by molar-refractivity contribution is -0.384. The highest BCUT2D eigenvalue weighted by molar-refractivity contribution is 9.10. The quantitative estimate of drug-likeness (QED) is 0.607. The Labute approximate surface area is 130 Å². The van der Waals surface area contributed by atoms with E-state index in [1.165, 1.54) is 6.07 Å². The normalized spacial score (nSPS) is 11.9. The van der Waals surface area contributed by atoms with Crippen molar-refractivity contribution < 1.29 is 4.92 Å². The lowest BCUT2D eigenvalue weighted by Crippen LogP contribution is -2.08. The zero-order valence-corrected chi connectivity index (χ0v) is 13.0. The number of rotatable bonds is 4. The van der Waals surface area contributed by atoms with Crippen LogP contribution in [0.4, 0.5) is 11.4 Å². The van der Waals surface area contributed by atoms with E-state index in [0.29, 0.717) is 10.7 Å². The van der Waals surface area contributed by atoms with Crippen molar-refractivity contribution in [1.82, 2.24) is 0 Å². The molecule has 0 heterocycles. The van der Waals surface area contributed by atoms with Gasteiger partial charge in [0.1, 0.15) is 5.69 Å². The lowest BCUT2D eigenvalue weighted by atomic mass is 10.1. The lowest BCUT2D eigenvalue weighted by Gasteiger charge is -2.17. The van der Waals surface area contributed by atoms with Crippen molar-refractivity contribution in [3.63, 3.8) is 0 Å². The monoisotopic (exact) mass is 354 g/mol. The van der Waals surface area contributed by atoms with Gasteiger partial charge < -0.3 is 5.32 Å². The predicted octanol–water partition coefficient (Wildman–Crippen LogP) is 5.18. The summed E-state index contributed by atoms with van der Waals surface area (Å²) in [5.74, 6) is 0. The average molecular weight is 356 g/mol. The first-order valence-corrected chi connectivity index (χ1v) is 7.11. The third kappa shape index (κ3) is 3.29. The number of halogens is 2. The Morgan fingerprint density at radius 3 is 2.65 bits per heavy atom. The number of nitrogens with zero attached hydrogens (tertiary/aromatic N) is 1. The van der Waals surface area contributed by atoms with Gasteiger partial charge in [-0.3, -0.25) is 10.1 Å². The molecule has 20 heavy (non-hydrogen) atoms. The molecule has 0 radical (unpaired) electrons. The maximum atomic E-state index is 11.0. The summed E-state index contributed by atoms with van der Waals surface area (Å²) in [5, 5.41) is 14.5. The van der Waals surface area contributed by atoms with E-state index in [-0.39, 0.29) is 11.7 Å². The van der Waals surface area contributed by atoms with Gasteiger partial charge in [-0.2, -0.15) is 0 Å². The zero-order chi connectivity index (χ0) is 14.7. The molecule has 0 amide bonds. The summed E-state index contributed by atoms with van der Waals surface area (Å²) in [6, 6.07) is 12.3. The number of hydrogen-bond acceptors (Lipinski definition) is 3. The fourth-order valence-corrected chi connectivity index (χ4v) is 2.52. The van der Waals surface area contributed by atoms with Gasteiger partial charge in [0.15, 0.2) is 0 Å². The third-order valence-corrected chi connectivity index (χ3v) is 3.71. The molecular weight excluding hydrogens is 344 g/mol. The summed E-state index contributed by atoms with van der Waals surface area (Å²) in [5.41, 5.74) is 1.32. The number of nitro benzene ring substituents is 1. The molecule has 0 aliphatic heterocycles. The summed E-state index contributed by atoms with van der Waals surface area (Å²) >= 11 is 9.47. The smallest absolute Gasteiger partial charge is 0.293 e. The van der Waals surface area contributed by atoms with Gasteiger partial charge in [0.05, 0.1) is 9.95 Å². The first kappa shape index (κ1) is 14.8. The van der Waals surface area contributed by atoms with Gasteiger partial charge in [-0.15, -0.1) is 0 Å². The number of benzene rings is 2. The zero-order valence-electron chi connectivity index (χ0n) is 10.6. The molecule has 0 saturated carbocycles. The fraction of sp³-hybridized carbons (Fsp3) is 0.143. The van der Waals surface area contributed by atoms with E-state index in [1.807, 2.05) is 31.2 Å². The van der Waals surface area contributed by atoms with Crippen LogP contribution in [0, 0.1) is 10.1 Å². The Morgan fingerprint density at radius 1 is 1.30 bits per heavy atom. The summed E-state index contributed by atoms with van der Waals surface area (Å²) in [7, 11) is 0. The number of para-hydroxylation sites is 1. The molecule has 1 N–H and O–H groups in total. The second kappa shape index (κ2) is 6.24. The van der Waals surface area contributed by atoms with Gasteiger partial charge in [0.25, 0.3) is 5.69 Å². The second-order valence-corrected chi connectivity index (χ2v) is 5.63. The standard InChI is InChI=1S/C14H12BrClN2O2/c1-9(10-4-2-5-11(15)8-10)17-14-12(16)6-3-7-13(14)18(19)20/h2-9,17H,1H3. The largest absolute Gasteiger partial charge is 0.372 e. The fourth-order valence-electron chi connectivity index (χ4n) is 1.88. The molecule has 0 fully saturated rings. The summed E-state index contributed by atoms with van der Waals surface area (Å²) in [6.07, 6.45) is 0. The predicted molar refractivity (Wildman–Crippen MR) is 84.3 cm³/mol. The van der Waals surface area contributed by atoms with Gasteiger partial charge in [0, 0.05) is 16.6 Å². The van der Waals surface area contributed by atoms with E-state index in [1.54, 1.807) is 12.1 Å². The Morgan fingerprint density at radius 2 is 2.00 bits per heavy atom. The van der Waals surface area contributed by atoms with Crippen LogP contribution < -0.4 is 5.32 Å². The van der Waals surface area contributed by atoms with E-state index in [4.69, 9.17) is 11.6 Å². The van der Waals surface area contributed by atoms with Crippen molar-refractivity contribution >= 4 is 38.9 Å². The molecule has 0 aliphatic rings. The molecule has 2 rings (SSSR count). The molecule has 104 valence electrons. The third-order valence-electron chi connectivity index (χ3n) is 2.90. The highest BCUT2D eigenvalue weighted by atomic mass is 79.9. The average Bonchev–Trinajstić information content (AvgIpc) is 2.40. The van der Waals surface area contributed by atoms with Crippen LogP contribution in [0.5, 0.6) is 0 Å². The minimum absolute atomic E-state index is 0.0284.